The SMILES string of the molecule is C=C(Cl)C(N1C(=O)c2ccccc2C1=O)N(CCCC)S(=O)(=O)c1ccc(C)cc1. The summed E-state index contributed by atoms with van der Waals surface area (Å²) in [5.74, 6) is -1.19. The van der Waals surface area contributed by atoms with Gasteiger partial charge >= 0.3 is 0 Å². The largest absolute Gasteiger partial charge is 0.269 e. The summed E-state index contributed by atoms with van der Waals surface area (Å²) >= 11 is 6.24. The number of hydrogen-bond acceptors (Lipinski definition) is 4. The molecule has 1 unspecified atom stereocenters. The first-order chi connectivity index (χ1) is 14.2. The van der Waals surface area contributed by atoms with Crippen molar-refractivity contribution in [1.82, 2.24) is 9.21 Å². The zero-order valence-electron chi connectivity index (χ0n) is 16.8. The summed E-state index contributed by atoms with van der Waals surface area (Å²) in [6.45, 7) is 7.55. The second-order valence-corrected chi connectivity index (χ2v) is 9.50. The van der Waals surface area contributed by atoms with Crippen molar-refractivity contribution < 1.29 is 18.0 Å². The molecule has 0 saturated carbocycles. The fourth-order valence-corrected chi connectivity index (χ4v) is 5.27. The minimum Gasteiger partial charge on any atom is -0.269 e. The number of aryl methyl sites for hydroxylation is 1. The van der Waals surface area contributed by atoms with Crippen molar-refractivity contribution in [1.29, 1.82) is 0 Å². The minimum absolute atomic E-state index is 0.0590. The number of halogens is 1. The van der Waals surface area contributed by atoms with E-state index in [1.54, 1.807) is 24.3 Å². The lowest BCUT2D eigenvalue weighted by Crippen LogP contribution is -2.53. The molecule has 1 aliphatic heterocycles. The van der Waals surface area contributed by atoms with Gasteiger partial charge in [-0.3, -0.25) is 14.5 Å². The van der Waals surface area contributed by atoms with Crippen LogP contribution in [-0.2, 0) is 10.0 Å². The van der Waals surface area contributed by atoms with Crippen LogP contribution in [-0.4, -0.2) is 42.1 Å². The molecular formula is C22H23ClN2O4S. The Labute approximate surface area is 181 Å². The summed E-state index contributed by atoms with van der Waals surface area (Å²) in [6.07, 6.45) is -0.102. The molecule has 0 bridgehead atoms. The molecule has 2 aromatic carbocycles. The highest BCUT2D eigenvalue weighted by Gasteiger charge is 2.46. The molecule has 0 spiro atoms. The van der Waals surface area contributed by atoms with Crippen LogP contribution in [0.15, 0.2) is 65.0 Å². The topological polar surface area (TPSA) is 74.8 Å². The van der Waals surface area contributed by atoms with Crippen LogP contribution in [0.3, 0.4) is 0 Å². The number of unbranched alkanes of at least 4 members (excludes halogenated alkanes) is 1. The van der Waals surface area contributed by atoms with E-state index in [9.17, 15) is 18.0 Å². The molecule has 30 heavy (non-hydrogen) atoms. The number of nitrogens with zero attached hydrogens (tertiary/aromatic N) is 2. The Balaban J connectivity index is 2.11. The van der Waals surface area contributed by atoms with Crippen LogP contribution >= 0.6 is 11.6 Å². The van der Waals surface area contributed by atoms with E-state index in [1.807, 2.05) is 13.8 Å². The maximum Gasteiger partial charge on any atom is 0.263 e. The van der Waals surface area contributed by atoms with Crippen LogP contribution in [0.25, 0.3) is 0 Å². The van der Waals surface area contributed by atoms with Gasteiger partial charge < -0.3 is 0 Å². The quantitative estimate of drug-likeness (QED) is 0.570. The van der Waals surface area contributed by atoms with Crippen molar-refractivity contribution in [3.8, 4) is 0 Å². The molecule has 1 atom stereocenters. The minimum atomic E-state index is -4.06. The second-order valence-electron chi connectivity index (χ2n) is 7.13. The van der Waals surface area contributed by atoms with E-state index in [1.165, 1.54) is 24.3 Å². The molecule has 0 saturated heterocycles. The van der Waals surface area contributed by atoms with Crippen LogP contribution in [0.4, 0.5) is 0 Å². The van der Waals surface area contributed by atoms with Crippen LogP contribution in [0, 0.1) is 6.92 Å². The van der Waals surface area contributed by atoms with Gasteiger partial charge in [-0.15, -0.1) is 0 Å². The van der Waals surface area contributed by atoms with Crippen molar-refractivity contribution in [2.24, 2.45) is 0 Å². The number of sulfonamides is 1. The molecule has 0 fully saturated rings. The molecule has 0 aromatic heterocycles. The van der Waals surface area contributed by atoms with Gasteiger partial charge in [-0.05, 0) is 37.6 Å². The first-order valence-electron chi connectivity index (χ1n) is 9.60. The predicted molar refractivity (Wildman–Crippen MR) is 116 cm³/mol. The Kier molecular flexibility index (Phi) is 6.45. The van der Waals surface area contributed by atoms with E-state index in [-0.39, 0.29) is 27.6 Å². The molecular weight excluding hydrogens is 424 g/mol. The molecule has 0 N–H and O–H groups in total. The predicted octanol–water partition coefficient (Wildman–Crippen LogP) is 4.16. The lowest BCUT2D eigenvalue weighted by atomic mass is 10.1. The Morgan fingerprint density at radius 3 is 2.07 bits per heavy atom. The molecule has 6 nitrogen and oxygen atoms in total. The molecule has 3 rings (SSSR count). The maximum atomic E-state index is 13.5. The maximum absolute atomic E-state index is 13.5. The van der Waals surface area contributed by atoms with Gasteiger partial charge in [0.25, 0.3) is 11.8 Å². The van der Waals surface area contributed by atoms with E-state index in [0.717, 1.165) is 14.8 Å². The number of hydrogen-bond donors (Lipinski definition) is 0. The molecule has 2 aromatic rings. The lowest BCUT2D eigenvalue weighted by Gasteiger charge is -2.35. The zero-order valence-corrected chi connectivity index (χ0v) is 18.4. The molecule has 1 aliphatic rings. The van der Waals surface area contributed by atoms with Crippen molar-refractivity contribution in [3.63, 3.8) is 0 Å². The van der Waals surface area contributed by atoms with E-state index >= 15 is 0 Å². The van der Waals surface area contributed by atoms with Crippen molar-refractivity contribution in [2.45, 2.75) is 37.8 Å². The van der Waals surface area contributed by atoms with E-state index in [4.69, 9.17) is 11.6 Å². The average Bonchev–Trinajstić information content (AvgIpc) is 2.96. The van der Waals surface area contributed by atoms with Crippen LogP contribution in [0.1, 0.15) is 46.0 Å². The number of carbonyl (C=O) groups is 2. The molecule has 1 heterocycles. The highest BCUT2D eigenvalue weighted by Crippen LogP contribution is 2.32. The standard InChI is InChI=1S/C22H23ClN2O4S/c1-4-5-14-24(30(28,29)17-12-10-15(2)11-13-17)20(16(3)23)25-21(26)18-8-6-7-9-19(18)22(25)27/h6-13,20H,3-5,14H2,1-2H3. The summed E-state index contributed by atoms with van der Waals surface area (Å²) in [5.41, 5.74) is 1.34. The second kappa shape index (κ2) is 8.71. The van der Waals surface area contributed by atoms with Gasteiger partial charge in [0.1, 0.15) is 6.17 Å². The third-order valence-corrected chi connectivity index (χ3v) is 7.05. The summed E-state index contributed by atoms with van der Waals surface area (Å²) in [6, 6.07) is 12.8. The van der Waals surface area contributed by atoms with Crippen molar-refractivity contribution in [3.05, 3.63) is 76.8 Å². The monoisotopic (exact) mass is 446 g/mol. The molecule has 0 aliphatic carbocycles. The molecule has 0 radical (unpaired) electrons. The number of imide groups is 1. The zero-order chi connectivity index (χ0) is 22.1. The molecule has 158 valence electrons. The number of carbonyl (C=O) groups excluding carboxylic acids is 2. The summed E-state index contributed by atoms with van der Waals surface area (Å²) < 4.78 is 28.1. The molecule has 2 amide bonds. The fraction of sp³-hybridized carbons (Fsp3) is 0.273. The normalized spacial score (nSPS) is 14.9. The Morgan fingerprint density at radius 2 is 1.60 bits per heavy atom. The van der Waals surface area contributed by atoms with E-state index < -0.39 is 28.0 Å². The number of benzene rings is 2. The lowest BCUT2D eigenvalue weighted by molar-refractivity contribution is 0.0519. The van der Waals surface area contributed by atoms with Crippen LogP contribution in [0.5, 0.6) is 0 Å². The first-order valence-corrected chi connectivity index (χ1v) is 11.4. The third kappa shape index (κ3) is 3.93. The van der Waals surface area contributed by atoms with Gasteiger partial charge in [0.05, 0.1) is 16.0 Å². The molecule has 8 heteroatoms. The average molecular weight is 447 g/mol. The van der Waals surface area contributed by atoms with Crippen molar-refractivity contribution >= 4 is 33.4 Å². The summed E-state index contributed by atoms with van der Waals surface area (Å²) in [7, 11) is -4.06. The van der Waals surface area contributed by atoms with Gasteiger partial charge in [-0.2, -0.15) is 4.31 Å². The van der Waals surface area contributed by atoms with Gasteiger partial charge in [0, 0.05) is 11.6 Å². The smallest absolute Gasteiger partial charge is 0.263 e. The number of fused-ring (bicyclic) bond motifs is 1. The highest BCUT2D eigenvalue weighted by atomic mass is 35.5. The third-order valence-electron chi connectivity index (χ3n) is 4.98. The fourth-order valence-electron chi connectivity index (χ4n) is 3.39. The summed E-state index contributed by atoms with van der Waals surface area (Å²) in [5, 5.41) is -0.128. The Bertz CT molecular complexity index is 1060. The Hall–Kier alpha value is -2.48. The van der Waals surface area contributed by atoms with Crippen LogP contribution < -0.4 is 0 Å². The highest BCUT2D eigenvalue weighted by molar-refractivity contribution is 7.89. The number of amides is 2. The van der Waals surface area contributed by atoms with Gasteiger partial charge in [-0.1, -0.05) is 61.4 Å². The van der Waals surface area contributed by atoms with E-state index in [2.05, 4.69) is 6.58 Å². The van der Waals surface area contributed by atoms with Crippen molar-refractivity contribution in [2.75, 3.05) is 6.54 Å². The number of rotatable bonds is 8. The van der Waals surface area contributed by atoms with Crippen LogP contribution in [0.2, 0.25) is 0 Å². The van der Waals surface area contributed by atoms with E-state index in [0.29, 0.717) is 12.8 Å². The van der Waals surface area contributed by atoms with Gasteiger partial charge in [0.15, 0.2) is 0 Å². The Morgan fingerprint density at radius 1 is 1.07 bits per heavy atom. The van der Waals surface area contributed by atoms with Gasteiger partial charge in [0.2, 0.25) is 10.0 Å². The van der Waals surface area contributed by atoms with Gasteiger partial charge in [-0.25, -0.2) is 8.42 Å². The first kappa shape index (κ1) is 22.2. The summed E-state index contributed by atoms with van der Waals surface area (Å²) in [4.78, 5) is 27.0.